The first-order valence-electron chi connectivity index (χ1n) is 9.58. The highest BCUT2D eigenvalue weighted by Crippen LogP contribution is 2.29. The molecule has 0 aliphatic heterocycles. The van der Waals surface area contributed by atoms with Crippen LogP contribution in [0.2, 0.25) is 0 Å². The number of carbonyl (C=O) groups excluding carboxylic acids is 3. The molecule has 0 heterocycles. The van der Waals surface area contributed by atoms with Gasteiger partial charge in [-0.1, -0.05) is 19.3 Å². The lowest BCUT2D eigenvalue weighted by atomic mass is 9.95. The molecule has 1 aliphatic carbocycles. The molecular weight excluding hydrogens is 376 g/mol. The molecule has 9 nitrogen and oxygen atoms in total. The molecule has 0 saturated heterocycles. The van der Waals surface area contributed by atoms with Crippen molar-refractivity contribution in [2.24, 2.45) is 5.10 Å². The molecule has 1 aliphatic rings. The van der Waals surface area contributed by atoms with Gasteiger partial charge in [0.15, 0.2) is 0 Å². The van der Waals surface area contributed by atoms with E-state index < -0.39 is 11.8 Å². The van der Waals surface area contributed by atoms with E-state index in [1.807, 2.05) is 0 Å². The number of nitrogens with one attached hydrogen (secondary N) is 3. The smallest absolute Gasteiger partial charge is 0.329 e. The Labute approximate surface area is 170 Å². The Bertz CT molecular complexity index is 772. The predicted octanol–water partition coefficient (Wildman–Crippen LogP) is 1.97. The Morgan fingerprint density at radius 3 is 2.45 bits per heavy atom. The molecule has 0 atom stereocenters. The molecule has 2 rings (SSSR count). The molecule has 3 N–H and O–H groups in total. The van der Waals surface area contributed by atoms with E-state index in [1.54, 1.807) is 25.1 Å². The molecular formula is C20H28N4O5. The summed E-state index contributed by atoms with van der Waals surface area (Å²) in [5.41, 5.74) is 3.04. The van der Waals surface area contributed by atoms with E-state index in [-0.39, 0.29) is 18.4 Å². The monoisotopic (exact) mass is 404 g/mol. The molecule has 0 spiro atoms. The van der Waals surface area contributed by atoms with Gasteiger partial charge in [-0.15, -0.1) is 0 Å². The lowest BCUT2D eigenvalue weighted by Crippen LogP contribution is -2.44. The van der Waals surface area contributed by atoms with Crippen LogP contribution >= 0.6 is 0 Å². The molecule has 0 aromatic heterocycles. The molecule has 0 bridgehead atoms. The minimum absolute atomic E-state index is 0.0392. The van der Waals surface area contributed by atoms with E-state index >= 15 is 0 Å². The van der Waals surface area contributed by atoms with Gasteiger partial charge in [0.1, 0.15) is 11.5 Å². The summed E-state index contributed by atoms with van der Waals surface area (Å²) in [5.74, 6) is -0.824. The number of benzene rings is 1. The molecule has 9 heteroatoms. The number of hydrogen-bond donors (Lipinski definition) is 3. The number of rotatable bonds is 7. The second kappa shape index (κ2) is 11.0. The van der Waals surface area contributed by atoms with Gasteiger partial charge in [-0.05, 0) is 31.9 Å². The molecule has 0 radical (unpaired) electrons. The molecule has 0 unspecified atom stereocenters. The zero-order chi connectivity index (χ0) is 21.2. The van der Waals surface area contributed by atoms with E-state index in [0.717, 1.165) is 32.1 Å². The van der Waals surface area contributed by atoms with Crippen molar-refractivity contribution in [1.82, 2.24) is 10.7 Å². The van der Waals surface area contributed by atoms with Gasteiger partial charge in [0.05, 0.1) is 26.3 Å². The van der Waals surface area contributed by atoms with Crippen LogP contribution in [-0.4, -0.2) is 43.7 Å². The van der Waals surface area contributed by atoms with Gasteiger partial charge in [-0.2, -0.15) is 5.10 Å². The summed E-state index contributed by atoms with van der Waals surface area (Å²) in [4.78, 5) is 36.0. The van der Waals surface area contributed by atoms with Crippen molar-refractivity contribution >= 4 is 29.1 Å². The second-order valence-corrected chi connectivity index (χ2v) is 6.89. The Balaban J connectivity index is 1.83. The van der Waals surface area contributed by atoms with Crippen molar-refractivity contribution in [3.05, 3.63) is 18.2 Å². The van der Waals surface area contributed by atoms with Crippen molar-refractivity contribution in [3.63, 3.8) is 0 Å². The van der Waals surface area contributed by atoms with Crippen molar-refractivity contribution in [1.29, 1.82) is 0 Å². The number of hydrazone groups is 1. The van der Waals surface area contributed by atoms with Crippen LogP contribution in [0.25, 0.3) is 0 Å². The predicted molar refractivity (Wildman–Crippen MR) is 109 cm³/mol. The summed E-state index contributed by atoms with van der Waals surface area (Å²) in [6.45, 7) is 1.59. The average Bonchev–Trinajstić information content (AvgIpc) is 2.72. The van der Waals surface area contributed by atoms with Crippen LogP contribution in [0.3, 0.4) is 0 Å². The molecule has 1 saturated carbocycles. The second-order valence-electron chi connectivity index (χ2n) is 6.89. The third kappa shape index (κ3) is 7.10. The fourth-order valence-corrected chi connectivity index (χ4v) is 3.06. The lowest BCUT2D eigenvalue weighted by molar-refractivity contribution is -0.139. The molecule has 1 fully saturated rings. The van der Waals surface area contributed by atoms with Gasteiger partial charge in [0.2, 0.25) is 5.91 Å². The zero-order valence-electron chi connectivity index (χ0n) is 17.0. The van der Waals surface area contributed by atoms with E-state index in [1.165, 1.54) is 14.2 Å². The van der Waals surface area contributed by atoms with Gasteiger partial charge >= 0.3 is 11.8 Å². The summed E-state index contributed by atoms with van der Waals surface area (Å²) in [6, 6.07) is 5.06. The molecule has 3 amide bonds. The maximum Gasteiger partial charge on any atom is 0.329 e. The minimum atomic E-state index is -0.841. The Kier molecular flexibility index (Phi) is 8.45. The minimum Gasteiger partial charge on any atom is -0.497 e. The van der Waals surface area contributed by atoms with E-state index in [0.29, 0.717) is 22.9 Å². The van der Waals surface area contributed by atoms with Gasteiger partial charge in [0, 0.05) is 17.8 Å². The first kappa shape index (κ1) is 22.2. The number of nitrogens with zero attached hydrogens (tertiary/aromatic N) is 1. The number of amides is 3. The SMILES string of the molecule is COc1ccc(NC(=O)C/C(C)=N/NC(=O)C(=O)NC2CCCCC2)c(OC)c1. The highest BCUT2D eigenvalue weighted by atomic mass is 16.5. The van der Waals surface area contributed by atoms with Crippen LogP contribution in [0, 0.1) is 0 Å². The Morgan fingerprint density at radius 2 is 1.79 bits per heavy atom. The third-order valence-corrected chi connectivity index (χ3v) is 4.59. The first-order valence-corrected chi connectivity index (χ1v) is 9.58. The van der Waals surface area contributed by atoms with E-state index in [2.05, 4.69) is 21.2 Å². The normalized spacial score (nSPS) is 14.7. The highest BCUT2D eigenvalue weighted by molar-refractivity contribution is 6.35. The van der Waals surface area contributed by atoms with Crippen LogP contribution < -0.4 is 25.5 Å². The van der Waals surface area contributed by atoms with Crippen LogP contribution in [0.5, 0.6) is 11.5 Å². The van der Waals surface area contributed by atoms with Crippen molar-refractivity contribution in [3.8, 4) is 11.5 Å². The van der Waals surface area contributed by atoms with E-state index in [4.69, 9.17) is 9.47 Å². The zero-order valence-corrected chi connectivity index (χ0v) is 17.0. The van der Waals surface area contributed by atoms with Crippen molar-refractivity contribution in [2.45, 2.75) is 51.5 Å². The van der Waals surface area contributed by atoms with Gasteiger partial charge < -0.3 is 20.1 Å². The molecule has 1 aromatic carbocycles. The number of methoxy groups -OCH3 is 2. The maximum atomic E-state index is 12.2. The quantitative estimate of drug-likeness (QED) is 0.365. The summed E-state index contributed by atoms with van der Waals surface area (Å²) in [6.07, 6.45) is 4.98. The van der Waals surface area contributed by atoms with Gasteiger partial charge in [-0.3, -0.25) is 14.4 Å². The van der Waals surface area contributed by atoms with Gasteiger partial charge in [-0.25, -0.2) is 5.43 Å². The summed E-state index contributed by atoms with van der Waals surface area (Å²) in [5, 5.41) is 9.26. The first-order chi connectivity index (χ1) is 13.9. The summed E-state index contributed by atoms with van der Waals surface area (Å²) < 4.78 is 10.4. The fourth-order valence-electron chi connectivity index (χ4n) is 3.06. The molecule has 29 heavy (non-hydrogen) atoms. The van der Waals surface area contributed by atoms with Crippen molar-refractivity contribution < 1.29 is 23.9 Å². The Hall–Kier alpha value is -3.10. The molecule has 158 valence electrons. The van der Waals surface area contributed by atoms with E-state index in [9.17, 15) is 14.4 Å². The lowest BCUT2D eigenvalue weighted by Gasteiger charge is -2.22. The maximum absolute atomic E-state index is 12.2. The largest absolute Gasteiger partial charge is 0.497 e. The van der Waals surface area contributed by atoms with Crippen LogP contribution in [0.1, 0.15) is 45.4 Å². The number of hydrogen-bond acceptors (Lipinski definition) is 6. The number of carbonyl (C=O) groups is 3. The van der Waals surface area contributed by atoms with Crippen LogP contribution in [0.4, 0.5) is 5.69 Å². The average molecular weight is 404 g/mol. The third-order valence-electron chi connectivity index (χ3n) is 4.59. The number of anilines is 1. The van der Waals surface area contributed by atoms with Crippen LogP contribution in [0.15, 0.2) is 23.3 Å². The summed E-state index contributed by atoms with van der Waals surface area (Å²) >= 11 is 0. The Morgan fingerprint density at radius 1 is 1.07 bits per heavy atom. The molecule has 1 aromatic rings. The topological polar surface area (TPSA) is 118 Å². The fraction of sp³-hybridized carbons (Fsp3) is 0.500. The highest BCUT2D eigenvalue weighted by Gasteiger charge is 2.20. The standard InChI is InChI=1S/C20H28N4O5/c1-13(23-24-20(27)19(26)21-14-7-5-4-6-8-14)11-18(25)22-16-10-9-15(28-2)12-17(16)29-3/h9-10,12,14H,4-8,11H2,1-3H3,(H,21,26)(H,22,25)(H,24,27)/b23-13+. The van der Waals surface area contributed by atoms with Crippen LogP contribution in [-0.2, 0) is 14.4 Å². The van der Waals surface area contributed by atoms with Crippen molar-refractivity contribution in [2.75, 3.05) is 19.5 Å². The number of ether oxygens (including phenoxy) is 2. The summed E-state index contributed by atoms with van der Waals surface area (Å²) in [7, 11) is 3.03. The van der Waals surface area contributed by atoms with Gasteiger partial charge in [0.25, 0.3) is 0 Å².